The lowest BCUT2D eigenvalue weighted by molar-refractivity contribution is -0.131. The van der Waals surface area contributed by atoms with Crippen molar-refractivity contribution < 1.29 is 4.79 Å². The quantitative estimate of drug-likeness (QED) is 0.812. The van der Waals surface area contributed by atoms with Gasteiger partial charge in [-0.15, -0.1) is 0 Å². The van der Waals surface area contributed by atoms with Gasteiger partial charge in [-0.3, -0.25) is 9.78 Å². The maximum atomic E-state index is 12.3. The first kappa shape index (κ1) is 13.0. The van der Waals surface area contributed by atoms with Crippen molar-refractivity contribution in [2.75, 3.05) is 0 Å². The number of rotatable bonds is 4. The van der Waals surface area contributed by atoms with Crippen LogP contribution in [0.3, 0.4) is 0 Å². The number of thiocarbonyl (C=S) groups is 1. The molecular formula is C13H17N3OS. The average Bonchev–Trinajstić information content (AvgIpc) is 2.28. The van der Waals surface area contributed by atoms with E-state index < -0.39 is 5.41 Å². The van der Waals surface area contributed by atoms with Gasteiger partial charge in [0.25, 0.3) is 0 Å². The van der Waals surface area contributed by atoms with E-state index in [2.05, 4.69) is 10.3 Å². The zero-order valence-corrected chi connectivity index (χ0v) is 11.2. The third-order valence-electron chi connectivity index (χ3n) is 3.67. The van der Waals surface area contributed by atoms with Gasteiger partial charge < -0.3 is 11.1 Å². The minimum absolute atomic E-state index is 0.0504. The van der Waals surface area contributed by atoms with Crippen molar-refractivity contribution in [1.29, 1.82) is 0 Å². The van der Waals surface area contributed by atoms with Gasteiger partial charge in [0.05, 0.1) is 16.4 Å². The van der Waals surface area contributed by atoms with E-state index in [1.54, 1.807) is 12.4 Å². The molecule has 0 aliphatic heterocycles. The van der Waals surface area contributed by atoms with Crippen molar-refractivity contribution >= 4 is 23.1 Å². The van der Waals surface area contributed by atoms with Gasteiger partial charge in [0.1, 0.15) is 0 Å². The van der Waals surface area contributed by atoms with Gasteiger partial charge in [-0.2, -0.15) is 0 Å². The van der Waals surface area contributed by atoms with E-state index in [9.17, 15) is 4.79 Å². The molecule has 0 radical (unpaired) electrons. The number of aromatic nitrogens is 1. The van der Waals surface area contributed by atoms with E-state index >= 15 is 0 Å². The van der Waals surface area contributed by atoms with Crippen molar-refractivity contribution in [3.05, 3.63) is 30.1 Å². The van der Waals surface area contributed by atoms with Crippen molar-refractivity contribution in [2.45, 2.75) is 32.2 Å². The molecule has 18 heavy (non-hydrogen) atoms. The molecule has 0 saturated heterocycles. The lowest BCUT2D eigenvalue weighted by atomic mass is 9.68. The van der Waals surface area contributed by atoms with Crippen molar-refractivity contribution in [3.8, 4) is 0 Å². The molecule has 1 aromatic heterocycles. The standard InChI is InChI=1S/C13H17N3OS/c1-9(10-3-7-15-8-4-10)16-12(17)13(11(14)18)5-2-6-13/h3-4,7-9H,2,5-6H2,1H3,(H2,14,18)(H,16,17). The number of hydrogen-bond donors (Lipinski definition) is 2. The van der Waals surface area contributed by atoms with Crippen molar-refractivity contribution in [3.63, 3.8) is 0 Å². The van der Waals surface area contributed by atoms with Crippen LogP contribution in [0.25, 0.3) is 0 Å². The molecule has 1 heterocycles. The average molecular weight is 263 g/mol. The molecule has 1 amide bonds. The molecule has 2 rings (SSSR count). The molecule has 1 saturated carbocycles. The fourth-order valence-electron chi connectivity index (χ4n) is 2.19. The fourth-order valence-corrected chi connectivity index (χ4v) is 2.48. The van der Waals surface area contributed by atoms with Gasteiger partial charge in [-0.25, -0.2) is 0 Å². The second-order valence-corrected chi connectivity index (χ2v) is 5.22. The Hall–Kier alpha value is -1.49. The van der Waals surface area contributed by atoms with Gasteiger partial charge in [0.15, 0.2) is 0 Å². The maximum Gasteiger partial charge on any atom is 0.233 e. The Morgan fingerprint density at radius 1 is 1.50 bits per heavy atom. The highest BCUT2D eigenvalue weighted by atomic mass is 32.1. The largest absolute Gasteiger partial charge is 0.392 e. The van der Waals surface area contributed by atoms with Crippen LogP contribution in [0.5, 0.6) is 0 Å². The van der Waals surface area contributed by atoms with Crippen LogP contribution in [0, 0.1) is 5.41 Å². The summed E-state index contributed by atoms with van der Waals surface area (Å²) in [6.45, 7) is 1.94. The molecule has 5 heteroatoms. The summed E-state index contributed by atoms with van der Waals surface area (Å²) in [6, 6.07) is 3.71. The van der Waals surface area contributed by atoms with Crippen molar-refractivity contribution in [2.24, 2.45) is 11.1 Å². The highest BCUT2D eigenvalue weighted by molar-refractivity contribution is 7.80. The summed E-state index contributed by atoms with van der Waals surface area (Å²) in [5, 5.41) is 2.99. The summed E-state index contributed by atoms with van der Waals surface area (Å²) in [6.07, 6.45) is 5.96. The van der Waals surface area contributed by atoms with E-state index in [-0.39, 0.29) is 11.9 Å². The number of carbonyl (C=O) groups is 1. The van der Waals surface area contributed by atoms with E-state index in [0.717, 1.165) is 24.8 Å². The number of hydrogen-bond acceptors (Lipinski definition) is 3. The van der Waals surface area contributed by atoms with E-state index in [4.69, 9.17) is 18.0 Å². The second kappa shape index (κ2) is 5.02. The fraction of sp³-hybridized carbons (Fsp3) is 0.462. The lowest BCUT2D eigenvalue weighted by Crippen LogP contribution is -2.53. The number of carbonyl (C=O) groups excluding carboxylic acids is 1. The molecule has 1 atom stereocenters. The van der Waals surface area contributed by atoms with Crippen LogP contribution in [0.4, 0.5) is 0 Å². The predicted molar refractivity (Wildman–Crippen MR) is 73.9 cm³/mol. The number of nitrogens with one attached hydrogen (secondary N) is 1. The third kappa shape index (κ3) is 2.22. The number of pyridine rings is 1. The third-order valence-corrected chi connectivity index (χ3v) is 4.06. The zero-order chi connectivity index (χ0) is 13.2. The van der Waals surface area contributed by atoms with Gasteiger partial charge >= 0.3 is 0 Å². The topological polar surface area (TPSA) is 68.0 Å². The number of nitrogens with zero attached hydrogens (tertiary/aromatic N) is 1. The van der Waals surface area contributed by atoms with Crippen LogP contribution in [-0.2, 0) is 4.79 Å². The molecule has 0 aromatic carbocycles. The highest BCUT2D eigenvalue weighted by Gasteiger charge is 2.47. The SMILES string of the molecule is CC(NC(=O)C1(C(N)=S)CCC1)c1ccncc1. The van der Waals surface area contributed by atoms with Crippen LogP contribution >= 0.6 is 12.2 Å². The molecule has 96 valence electrons. The minimum Gasteiger partial charge on any atom is -0.392 e. The van der Waals surface area contributed by atoms with E-state index in [1.807, 2.05) is 19.1 Å². The molecule has 3 N–H and O–H groups in total. The molecule has 1 unspecified atom stereocenters. The zero-order valence-electron chi connectivity index (χ0n) is 10.3. The first-order chi connectivity index (χ1) is 8.56. The summed E-state index contributed by atoms with van der Waals surface area (Å²) in [5.41, 5.74) is 6.12. The normalized spacial score (nSPS) is 18.5. The van der Waals surface area contributed by atoms with Crippen LogP contribution in [0.15, 0.2) is 24.5 Å². The van der Waals surface area contributed by atoms with Crippen LogP contribution in [0.1, 0.15) is 37.8 Å². The Morgan fingerprint density at radius 2 is 2.11 bits per heavy atom. The number of nitrogens with two attached hydrogens (primary N) is 1. The summed E-state index contributed by atoms with van der Waals surface area (Å²) < 4.78 is 0. The summed E-state index contributed by atoms with van der Waals surface area (Å²) in [7, 11) is 0. The molecule has 1 fully saturated rings. The Kier molecular flexibility index (Phi) is 3.61. The summed E-state index contributed by atoms with van der Waals surface area (Å²) >= 11 is 5.03. The summed E-state index contributed by atoms with van der Waals surface area (Å²) in [4.78, 5) is 16.5. The first-order valence-electron chi connectivity index (χ1n) is 6.07. The molecule has 1 aliphatic carbocycles. The Bertz CT molecular complexity index is 457. The van der Waals surface area contributed by atoms with Gasteiger partial charge in [-0.1, -0.05) is 18.6 Å². The monoisotopic (exact) mass is 263 g/mol. The molecule has 1 aliphatic rings. The van der Waals surface area contributed by atoms with Crippen molar-refractivity contribution in [1.82, 2.24) is 10.3 Å². The Labute approximate surface area is 112 Å². The first-order valence-corrected chi connectivity index (χ1v) is 6.48. The highest BCUT2D eigenvalue weighted by Crippen LogP contribution is 2.41. The van der Waals surface area contributed by atoms with Gasteiger partial charge in [-0.05, 0) is 37.5 Å². The number of amides is 1. The van der Waals surface area contributed by atoms with E-state index in [0.29, 0.717) is 4.99 Å². The maximum absolute atomic E-state index is 12.3. The second-order valence-electron chi connectivity index (χ2n) is 4.78. The van der Waals surface area contributed by atoms with Crippen LogP contribution in [0.2, 0.25) is 0 Å². The van der Waals surface area contributed by atoms with E-state index in [1.165, 1.54) is 0 Å². The summed E-state index contributed by atoms with van der Waals surface area (Å²) in [5.74, 6) is -0.0504. The van der Waals surface area contributed by atoms with Crippen LogP contribution in [-0.4, -0.2) is 15.9 Å². The lowest BCUT2D eigenvalue weighted by Gasteiger charge is -2.39. The molecule has 1 aromatic rings. The molecule has 4 nitrogen and oxygen atoms in total. The Morgan fingerprint density at radius 3 is 2.56 bits per heavy atom. The van der Waals surface area contributed by atoms with Gasteiger partial charge in [0.2, 0.25) is 5.91 Å². The molecule has 0 bridgehead atoms. The predicted octanol–water partition coefficient (Wildman–Crippen LogP) is 1.72. The minimum atomic E-state index is -0.614. The molecular weight excluding hydrogens is 246 g/mol. The molecule has 0 spiro atoms. The smallest absolute Gasteiger partial charge is 0.233 e. The van der Waals surface area contributed by atoms with Crippen LogP contribution < -0.4 is 11.1 Å². The Balaban J connectivity index is 2.06. The van der Waals surface area contributed by atoms with Gasteiger partial charge in [0, 0.05) is 12.4 Å².